The van der Waals surface area contributed by atoms with Crippen LogP contribution in [0.4, 0.5) is 11.6 Å². The summed E-state index contributed by atoms with van der Waals surface area (Å²) in [5, 5.41) is 4.58. The molecule has 37 heavy (non-hydrogen) atoms. The van der Waals surface area contributed by atoms with Gasteiger partial charge < -0.3 is 0 Å². The minimum atomic E-state index is -4.02. The Morgan fingerprint density at radius 2 is 1.54 bits per heavy atom. The number of nitrogens with one attached hydrogen (secondary N) is 2. The van der Waals surface area contributed by atoms with Crippen molar-refractivity contribution in [2.45, 2.75) is 49.4 Å². The molecule has 0 saturated carbocycles. The van der Waals surface area contributed by atoms with Crippen LogP contribution in [-0.2, 0) is 32.0 Å². The zero-order chi connectivity index (χ0) is 26.8. The molecule has 2 N–H and O–H groups in total. The van der Waals surface area contributed by atoms with Gasteiger partial charge in [0.25, 0.3) is 20.0 Å². The van der Waals surface area contributed by atoms with Crippen molar-refractivity contribution in [2.24, 2.45) is 0 Å². The summed E-state index contributed by atoms with van der Waals surface area (Å²) in [4.78, 5) is 7.94. The van der Waals surface area contributed by atoms with E-state index in [1.165, 1.54) is 36.7 Å². The molecule has 2 aromatic heterocycles. The van der Waals surface area contributed by atoms with Crippen molar-refractivity contribution in [3.63, 3.8) is 0 Å². The van der Waals surface area contributed by atoms with Crippen LogP contribution in [0.25, 0.3) is 0 Å². The Balaban J connectivity index is 1.57. The summed E-state index contributed by atoms with van der Waals surface area (Å²) in [6.45, 7) is 7.82. The third-order valence-electron chi connectivity index (χ3n) is 5.35. The molecule has 0 amide bonds. The lowest BCUT2D eigenvalue weighted by molar-refractivity contribution is 0.533. The van der Waals surface area contributed by atoms with Crippen molar-refractivity contribution in [1.29, 1.82) is 0 Å². The van der Waals surface area contributed by atoms with E-state index in [-0.39, 0.29) is 21.4 Å². The number of aryl methyl sites for hydroxylation is 1. The molecule has 2 heterocycles. The first-order valence-corrected chi connectivity index (χ1v) is 14.4. The molecule has 0 atom stereocenters. The molecule has 0 radical (unpaired) electrons. The van der Waals surface area contributed by atoms with Crippen LogP contribution in [0.3, 0.4) is 0 Å². The summed E-state index contributed by atoms with van der Waals surface area (Å²) in [5.74, 6) is -0.0491. The predicted octanol–water partition coefficient (Wildman–Crippen LogP) is 3.93. The predicted molar refractivity (Wildman–Crippen MR) is 141 cm³/mol. The molecule has 0 aliphatic heterocycles. The second-order valence-electron chi connectivity index (χ2n) is 9.53. The number of hydrogen-bond donors (Lipinski definition) is 2. The molecular formula is C25H28N6O4S2. The average molecular weight is 541 g/mol. The van der Waals surface area contributed by atoms with E-state index in [4.69, 9.17) is 0 Å². The molecule has 0 fully saturated rings. The Morgan fingerprint density at radius 3 is 2.16 bits per heavy atom. The molecule has 194 valence electrons. The number of nitrogens with zero attached hydrogens (tertiary/aromatic N) is 4. The van der Waals surface area contributed by atoms with Gasteiger partial charge in [-0.25, -0.2) is 31.5 Å². The van der Waals surface area contributed by atoms with E-state index in [0.717, 1.165) is 5.56 Å². The maximum absolute atomic E-state index is 13.4. The molecule has 2 aromatic carbocycles. The van der Waals surface area contributed by atoms with Crippen LogP contribution in [0.15, 0.2) is 82.8 Å². The number of sulfonamides is 2. The van der Waals surface area contributed by atoms with Gasteiger partial charge in [-0.05, 0) is 42.8 Å². The van der Waals surface area contributed by atoms with Crippen LogP contribution >= 0.6 is 0 Å². The van der Waals surface area contributed by atoms with Crippen molar-refractivity contribution in [1.82, 2.24) is 19.7 Å². The average Bonchev–Trinajstić information content (AvgIpc) is 3.25. The van der Waals surface area contributed by atoms with Gasteiger partial charge >= 0.3 is 0 Å². The Morgan fingerprint density at radius 1 is 0.865 bits per heavy atom. The van der Waals surface area contributed by atoms with Crippen LogP contribution in [0.2, 0.25) is 0 Å². The van der Waals surface area contributed by atoms with Gasteiger partial charge in [-0.3, -0.25) is 9.40 Å². The fourth-order valence-electron chi connectivity index (χ4n) is 3.56. The lowest BCUT2D eigenvalue weighted by atomic mass is 9.92. The van der Waals surface area contributed by atoms with Crippen molar-refractivity contribution in [3.8, 4) is 0 Å². The van der Waals surface area contributed by atoms with Crippen LogP contribution in [-0.4, -0.2) is 36.6 Å². The van der Waals surface area contributed by atoms with Gasteiger partial charge in [0.2, 0.25) is 5.95 Å². The molecule has 4 rings (SSSR count). The highest BCUT2D eigenvalue weighted by atomic mass is 32.2. The van der Waals surface area contributed by atoms with Crippen LogP contribution in [0.1, 0.15) is 37.7 Å². The minimum absolute atomic E-state index is 0.0491. The zero-order valence-electron chi connectivity index (χ0n) is 20.9. The Bertz CT molecular complexity index is 1610. The summed E-state index contributed by atoms with van der Waals surface area (Å²) >= 11 is 0. The normalized spacial score (nSPS) is 12.3. The Kier molecular flexibility index (Phi) is 7.07. The molecule has 10 nitrogen and oxygen atoms in total. The maximum atomic E-state index is 13.4. The summed E-state index contributed by atoms with van der Waals surface area (Å²) in [6.07, 6.45) is 2.96. The number of rotatable bonds is 8. The van der Waals surface area contributed by atoms with E-state index in [9.17, 15) is 16.8 Å². The number of benzene rings is 2. The lowest BCUT2D eigenvalue weighted by Crippen LogP contribution is -2.20. The third kappa shape index (κ3) is 6.33. The summed E-state index contributed by atoms with van der Waals surface area (Å²) in [7, 11) is -7.98. The number of anilines is 2. The van der Waals surface area contributed by atoms with Crippen molar-refractivity contribution < 1.29 is 16.8 Å². The molecule has 0 unspecified atom stereocenters. The summed E-state index contributed by atoms with van der Waals surface area (Å²) in [6, 6.07) is 16.7. The summed E-state index contributed by atoms with van der Waals surface area (Å²) in [5.41, 5.74) is 1.70. The van der Waals surface area contributed by atoms with Crippen LogP contribution in [0.5, 0.6) is 0 Å². The van der Waals surface area contributed by atoms with Crippen molar-refractivity contribution >= 4 is 31.7 Å². The first-order valence-electron chi connectivity index (χ1n) is 11.4. The largest absolute Gasteiger partial charge is 0.280 e. The molecule has 4 aromatic rings. The third-order valence-corrected chi connectivity index (χ3v) is 8.08. The lowest BCUT2D eigenvalue weighted by Gasteiger charge is -2.18. The standard InChI is InChI=1S/C25H28N6O4S2/c1-18-14-15-26-24(27-18)30-36(32,33)21-12-10-20(11-13-21)29-37(34,35)22-17-31(28-23(22)25(2,3)4)16-19-8-6-5-7-9-19/h5-15,17,29H,16H2,1-4H3,(H,26,27,30). The molecule has 0 aliphatic carbocycles. The van der Waals surface area contributed by atoms with E-state index in [2.05, 4.69) is 24.5 Å². The van der Waals surface area contributed by atoms with E-state index in [1.54, 1.807) is 17.7 Å². The van der Waals surface area contributed by atoms with E-state index >= 15 is 0 Å². The SMILES string of the molecule is Cc1ccnc(NS(=O)(=O)c2ccc(NS(=O)(=O)c3cn(Cc4ccccc4)nc3C(C)(C)C)cc2)n1. The van der Waals surface area contributed by atoms with Crippen LogP contribution in [0, 0.1) is 6.92 Å². The molecule has 12 heteroatoms. The quantitative estimate of drug-likeness (QED) is 0.346. The number of aromatic nitrogens is 4. The molecule has 0 spiro atoms. The number of hydrogen-bond acceptors (Lipinski definition) is 7. The topological polar surface area (TPSA) is 136 Å². The fourth-order valence-corrected chi connectivity index (χ4v) is 5.93. The Labute approximate surface area is 216 Å². The maximum Gasteiger partial charge on any atom is 0.265 e. The monoisotopic (exact) mass is 540 g/mol. The second kappa shape index (κ2) is 9.94. The van der Waals surface area contributed by atoms with Crippen LogP contribution < -0.4 is 9.44 Å². The fraction of sp³-hybridized carbons (Fsp3) is 0.240. The Hall–Kier alpha value is -3.77. The van der Waals surface area contributed by atoms with Crippen molar-refractivity contribution in [2.75, 3.05) is 9.44 Å². The second-order valence-corrected chi connectivity index (χ2v) is 12.9. The van der Waals surface area contributed by atoms with Gasteiger partial charge in [-0.1, -0.05) is 51.1 Å². The van der Waals surface area contributed by atoms with Gasteiger partial charge in [0, 0.05) is 29.2 Å². The van der Waals surface area contributed by atoms with Gasteiger partial charge in [-0.2, -0.15) is 5.10 Å². The van der Waals surface area contributed by atoms with Gasteiger partial charge in [0.15, 0.2) is 0 Å². The van der Waals surface area contributed by atoms with Gasteiger partial charge in [0.1, 0.15) is 4.90 Å². The highest BCUT2D eigenvalue weighted by molar-refractivity contribution is 7.93. The van der Waals surface area contributed by atoms with Crippen molar-refractivity contribution in [3.05, 3.63) is 90.0 Å². The first kappa shape index (κ1) is 26.3. The first-order chi connectivity index (χ1) is 17.3. The molecule has 0 saturated heterocycles. The van der Waals surface area contributed by atoms with E-state index < -0.39 is 25.5 Å². The minimum Gasteiger partial charge on any atom is -0.280 e. The smallest absolute Gasteiger partial charge is 0.265 e. The highest BCUT2D eigenvalue weighted by Crippen LogP contribution is 2.29. The highest BCUT2D eigenvalue weighted by Gasteiger charge is 2.30. The van der Waals surface area contributed by atoms with E-state index in [1.807, 2.05) is 51.1 Å². The zero-order valence-corrected chi connectivity index (χ0v) is 22.5. The summed E-state index contributed by atoms with van der Waals surface area (Å²) < 4.78 is 58.6. The van der Waals surface area contributed by atoms with E-state index in [0.29, 0.717) is 17.9 Å². The van der Waals surface area contributed by atoms with Gasteiger partial charge in [-0.15, -0.1) is 0 Å². The van der Waals surface area contributed by atoms with Gasteiger partial charge in [0.05, 0.1) is 17.1 Å². The molecule has 0 bridgehead atoms. The molecular weight excluding hydrogens is 512 g/mol. The molecule has 0 aliphatic rings.